The minimum atomic E-state index is -1.02. The second kappa shape index (κ2) is 6.30. The van der Waals surface area contributed by atoms with Crippen molar-refractivity contribution in [2.45, 2.75) is 19.4 Å². The predicted molar refractivity (Wildman–Crippen MR) is 73.8 cm³/mol. The highest BCUT2D eigenvalue weighted by atomic mass is 35.5. The molecule has 0 aliphatic carbocycles. The lowest BCUT2D eigenvalue weighted by atomic mass is 10.0. The standard InChI is InChI=1S/C14H15ClFNO4/c1-8-4-5-17(13(8)14(19)20)12(18)7-21-11-3-2-9(16)6-10(11)15/h2-3,6,8,13H,4-5,7H2,1H3,(H,19,20). The number of likely N-dealkylation sites (tertiary alicyclic amines) is 1. The van der Waals surface area contributed by atoms with Gasteiger partial charge in [0.15, 0.2) is 6.61 Å². The maximum atomic E-state index is 12.9. The Hall–Kier alpha value is -1.82. The molecule has 0 radical (unpaired) electrons. The van der Waals surface area contributed by atoms with Gasteiger partial charge in [0.25, 0.3) is 5.91 Å². The Balaban J connectivity index is 2.00. The third kappa shape index (κ3) is 3.44. The Kier molecular flexibility index (Phi) is 4.67. The summed E-state index contributed by atoms with van der Waals surface area (Å²) < 4.78 is 18.1. The van der Waals surface area contributed by atoms with Gasteiger partial charge in [0.05, 0.1) is 5.02 Å². The van der Waals surface area contributed by atoms with Crippen molar-refractivity contribution in [1.29, 1.82) is 0 Å². The van der Waals surface area contributed by atoms with Crippen molar-refractivity contribution in [2.24, 2.45) is 5.92 Å². The molecule has 2 unspecified atom stereocenters. The van der Waals surface area contributed by atoms with Crippen molar-refractivity contribution >= 4 is 23.5 Å². The van der Waals surface area contributed by atoms with Gasteiger partial charge in [0, 0.05) is 6.54 Å². The summed E-state index contributed by atoms with van der Waals surface area (Å²) in [7, 11) is 0. The number of benzene rings is 1. The molecule has 1 aromatic rings. The first-order valence-electron chi connectivity index (χ1n) is 6.50. The van der Waals surface area contributed by atoms with Crippen LogP contribution in [-0.4, -0.2) is 41.1 Å². The quantitative estimate of drug-likeness (QED) is 0.925. The van der Waals surface area contributed by atoms with Crippen LogP contribution in [0.3, 0.4) is 0 Å². The lowest BCUT2D eigenvalue weighted by Crippen LogP contribution is -2.44. The number of carbonyl (C=O) groups is 2. The summed E-state index contributed by atoms with van der Waals surface area (Å²) in [5, 5.41) is 9.23. The molecule has 0 saturated carbocycles. The number of carboxylic acid groups (broad SMARTS) is 1. The van der Waals surface area contributed by atoms with Crippen LogP contribution in [0.4, 0.5) is 4.39 Å². The summed E-state index contributed by atoms with van der Waals surface area (Å²) in [4.78, 5) is 24.6. The van der Waals surface area contributed by atoms with Crippen molar-refractivity contribution in [2.75, 3.05) is 13.2 Å². The number of aliphatic carboxylic acids is 1. The summed E-state index contributed by atoms with van der Waals surface area (Å²) in [5.41, 5.74) is 0. The molecule has 1 heterocycles. The predicted octanol–water partition coefficient (Wildman–Crippen LogP) is 2.18. The molecule has 21 heavy (non-hydrogen) atoms. The first-order valence-corrected chi connectivity index (χ1v) is 6.88. The van der Waals surface area contributed by atoms with E-state index in [-0.39, 0.29) is 23.3 Å². The first-order chi connectivity index (χ1) is 9.90. The second-order valence-corrected chi connectivity index (χ2v) is 5.41. The van der Waals surface area contributed by atoms with Gasteiger partial charge >= 0.3 is 5.97 Å². The molecule has 114 valence electrons. The first kappa shape index (κ1) is 15.6. The topological polar surface area (TPSA) is 66.8 Å². The van der Waals surface area contributed by atoms with Crippen LogP contribution < -0.4 is 4.74 Å². The summed E-state index contributed by atoms with van der Waals surface area (Å²) >= 11 is 5.79. The van der Waals surface area contributed by atoms with Gasteiger partial charge in [0.1, 0.15) is 17.6 Å². The molecule has 1 aliphatic heterocycles. The fraction of sp³-hybridized carbons (Fsp3) is 0.429. The van der Waals surface area contributed by atoms with Gasteiger partial charge in [-0.15, -0.1) is 0 Å². The molecular weight excluding hydrogens is 301 g/mol. The van der Waals surface area contributed by atoms with Crippen LogP contribution in [0.5, 0.6) is 5.75 Å². The van der Waals surface area contributed by atoms with Crippen molar-refractivity contribution in [3.05, 3.63) is 29.0 Å². The van der Waals surface area contributed by atoms with Crippen LogP contribution in [0.15, 0.2) is 18.2 Å². The molecule has 7 heteroatoms. The zero-order valence-electron chi connectivity index (χ0n) is 11.4. The normalized spacial score (nSPS) is 21.4. The van der Waals surface area contributed by atoms with E-state index < -0.39 is 23.7 Å². The average molecular weight is 316 g/mol. The van der Waals surface area contributed by atoms with Crippen molar-refractivity contribution in [3.8, 4) is 5.75 Å². The van der Waals surface area contributed by atoms with E-state index in [1.165, 1.54) is 17.0 Å². The molecule has 2 atom stereocenters. The highest BCUT2D eigenvalue weighted by Crippen LogP contribution is 2.26. The molecule has 0 bridgehead atoms. The molecular formula is C14H15ClFNO4. The zero-order chi connectivity index (χ0) is 15.6. The number of carboxylic acids is 1. The van der Waals surface area contributed by atoms with E-state index in [4.69, 9.17) is 21.4 Å². The molecule has 1 aliphatic rings. The van der Waals surface area contributed by atoms with E-state index in [9.17, 15) is 14.0 Å². The van der Waals surface area contributed by atoms with Gasteiger partial charge in [-0.3, -0.25) is 4.79 Å². The Bertz CT molecular complexity index is 566. The lowest BCUT2D eigenvalue weighted by Gasteiger charge is -2.23. The van der Waals surface area contributed by atoms with Gasteiger partial charge in [-0.25, -0.2) is 9.18 Å². The van der Waals surface area contributed by atoms with Crippen molar-refractivity contribution in [1.82, 2.24) is 4.90 Å². The minimum absolute atomic E-state index is 0.0624. The van der Waals surface area contributed by atoms with Crippen LogP contribution in [0, 0.1) is 11.7 Å². The molecule has 1 fully saturated rings. The largest absolute Gasteiger partial charge is 0.482 e. The SMILES string of the molecule is CC1CCN(C(=O)COc2ccc(F)cc2Cl)C1C(=O)O. The van der Waals surface area contributed by atoms with Crippen molar-refractivity contribution in [3.63, 3.8) is 0 Å². The molecule has 1 aromatic carbocycles. The van der Waals surface area contributed by atoms with Gasteiger partial charge in [-0.05, 0) is 30.5 Å². The smallest absolute Gasteiger partial charge is 0.326 e. The lowest BCUT2D eigenvalue weighted by molar-refractivity contribution is -0.150. The number of rotatable bonds is 4. The van der Waals surface area contributed by atoms with E-state index in [0.29, 0.717) is 13.0 Å². The number of ether oxygens (including phenoxy) is 1. The molecule has 1 saturated heterocycles. The van der Waals surface area contributed by atoms with E-state index in [1.807, 2.05) is 0 Å². The van der Waals surface area contributed by atoms with Crippen LogP contribution in [-0.2, 0) is 9.59 Å². The minimum Gasteiger partial charge on any atom is -0.482 e. The molecule has 0 spiro atoms. The maximum absolute atomic E-state index is 12.9. The third-order valence-corrected chi connectivity index (χ3v) is 3.81. The highest BCUT2D eigenvalue weighted by molar-refractivity contribution is 6.32. The fourth-order valence-corrected chi connectivity index (χ4v) is 2.64. The second-order valence-electron chi connectivity index (χ2n) is 5.00. The summed E-state index contributed by atoms with van der Waals surface area (Å²) in [5.74, 6) is -1.86. The fourth-order valence-electron chi connectivity index (χ4n) is 2.42. The monoisotopic (exact) mass is 315 g/mol. The van der Waals surface area contributed by atoms with Crippen molar-refractivity contribution < 1.29 is 23.8 Å². The van der Waals surface area contributed by atoms with Crippen LogP contribution in [0.1, 0.15) is 13.3 Å². The summed E-state index contributed by atoms with van der Waals surface area (Å²) in [6.45, 7) is 1.85. The van der Waals surface area contributed by atoms with E-state index in [0.717, 1.165) is 6.07 Å². The van der Waals surface area contributed by atoms with E-state index in [1.54, 1.807) is 6.92 Å². The number of nitrogens with zero attached hydrogens (tertiary/aromatic N) is 1. The zero-order valence-corrected chi connectivity index (χ0v) is 12.1. The number of halogens is 2. The summed E-state index contributed by atoms with van der Waals surface area (Å²) in [6.07, 6.45) is 0.639. The van der Waals surface area contributed by atoms with Gasteiger partial charge in [-0.1, -0.05) is 18.5 Å². The number of carbonyl (C=O) groups excluding carboxylic acids is 1. The molecule has 1 amide bonds. The maximum Gasteiger partial charge on any atom is 0.326 e. The van der Waals surface area contributed by atoms with Crippen LogP contribution in [0.2, 0.25) is 5.02 Å². The van der Waals surface area contributed by atoms with Crippen LogP contribution >= 0.6 is 11.6 Å². The molecule has 2 rings (SSSR count). The van der Waals surface area contributed by atoms with E-state index >= 15 is 0 Å². The Morgan fingerprint density at radius 1 is 1.52 bits per heavy atom. The molecule has 0 aromatic heterocycles. The third-order valence-electron chi connectivity index (χ3n) is 3.52. The van der Waals surface area contributed by atoms with E-state index in [2.05, 4.69) is 0 Å². The number of hydrogen-bond acceptors (Lipinski definition) is 3. The number of amides is 1. The Labute approximate surface area is 126 Å². The Morgan fingerprint density at radius 3 is 2.86 bits per heavy atom. The van der Waals surface area contributed by atoms with Gasteiger partial charge in [-0.2, -0.15) is 0 Å². The molecule has 5 nitrogen and oxygen atoms in total. The van der Waals surface area contributed by atoms with Gasteiger partial charge in [0.2, 0.25) is 0 Å². The highest BCUT2D eigenvalue weighted by Gasteiger charge is 2.39. The average Bonchev–Trinajstić information content (AvgIpc) is 2.79. The number of hydrogen-bond donors (Lipinski definition) is 1. The van der Waals surface area contributed by atoms with Gasteiger partial charge < -0.3 is 14.7 Å². The van der Waals surface area contributed by atoms with Crippen LogP contribution in [0.25, 0.3) is 0 Å². The molecule has 1 N–H and O–H groups in total. The summed E-state index contributed by atoms with van der Waals surface area (Å²) in [6, 6.07) is 2.75. The Morgan fingerprint density at radius 2 is 2.24 bits per heavy atom.